The number of H-pyrrole nitrogens is 2. The van der Waals surface area contributed by atoms with Crippen molar-refractivity contribution in [1.82, 2.24) is 35.1 Å². The third kappa shape index (κ3) is 8.13. The van der Waals surface area contributed by atoms with Crippen LogP contribution < -0.4 is 5.32 Å². The summed E-state index contributed by atoms with van der Waals surface area (Å²) >= 11 is 0. The number of hydrogen-bond acceptors (Lipinski definition) is 8. The van der Waals surface area contributed by atoms with Gasteiger partial charge in [-0.2, -0.15) is 0 Å². The molecule has 2 aliphatic rings. The molecule has 0 spiro atoms. The Morgan fingerprint density at radius 1 is 0.772 bits per heavy atom. The van der Waals surface area contributed by atoms with Crippen LogP contribution in [0.15, 0.2) is 79.1 Å². The summed E-state index contributed by atoms with van der Waals surface area (Å²) in [6.07, 6.45) is 5.03. The highest BCUT2D eigenvalue weighted by molar-refractivity contribution is 5.89. The minimum atomic E-state index is -0.798. The average Bonchev–Trinajstić information content (AvgIpc) is 4.06. The van der Waals surface area contributed by atoms with E-state index >= 15 is 8.78 Å². The highest BCUT2D eigenvalue weighted by atomic mass is 19.1. The fourth-order valence-corrected chi connectivity index (χ4v) is 7.77. The molecule has 2 saturated heterocycles. The first-order chi connectivity index (χ1) is 27.6. The predicted molar refractivity (Wildman–Crippen MR) is 205 cm³/mol. The average molecular weight is 780 g/mol. The molecular formula is C42H43F2N7O6. The maximum atomic E-state index is 15.8. The minimum Gasteiger partial charge on any atom is -0.469 e. The Morgan fingerprint density at radius 3 is 1.79 bits per heavy atom. The molecule has 0 radical (unpaired) electrons. The Balaban J connectivity index is 1.05. The molecule has 7 rings (SSSR count). The monoisotopic (exact) mass is 779 g/mol. The Kier molecular flexibility index (Phi) is 11.4. The first-order valence-electron chi connectivity index (χ1n) is 18.8. The lowest BCUT2D eigenvalue weighted by Gasteiger charge is -2.28. The molecular weight excluding hydrogens is 737 g/mol. The van der Waals surface area contributed by atoms with Gasteiger partial charge in [-0.3, -0.25) is 14.4 Å². The summed E-state index contributed by atoms with van der Waals surface area (Å²) < 4.78 is 40.9. The molecule has 3 aromatic carbocycles. The number of amides is 3. The van der Waals surface area contributed by atoms with Crippen LogP contribution in [-0.4, -0.2) is 87.0 Å². The SMILES string of the molecule is COC(=O)C[C@@H](C(=O)N1CCC[C@H]1c1ncc(-c2ccc(-c3ccc(-c4cnc([C@@H]5CCCN5C(=O)[C@H](C)NC(=O)OC)[nH]4)c(F)c3)cc2F)[nH]1)c1ccccc1. The van der Waals surface area contributed by atoms with Gasteiger partial charge in [0, 0.05) is 24.2 Å². The van der Waals surface area contributed by atoms with E-state index in [1.807, 2.05) is 30.3 Å². The topological polar surface area (TPSA) is 163 Å². The van der Waals surface area contributed by atoms with Crippen LogP contribution in [0.25, 0.3) is 33.6 Å². The normalized spacial score (nSPS) is 17.6. The number of aromatic nitrogens is 4. The van der Waals surface area contributed by atoms with Crippen LogP contribution in [0, 0.1) is 11.6 Å². The molecule has 4 heterocycles. The van der Waals surface area contributed by atoms with E-state index < -0.39 is 35.7 Å². The highest BCUT2D eigenvalue weighted by Crippen LogP contribution is 2.37. The lowest BCUT2D eigenvalue weighted by molar-refractivity contribution is -0.145. The zero-order chi connectivity index (χ0) is 40.2. The summed E-state index contributed by atoms with van der Waals surface area (Å²) in [7, 11) is 2.52. The Hall–Kier alpha value is -6.38. The summed E-state index contributed by atoms with van der Waals surface area (Å²) in [5, 5.41) is 2.50. The van der Waals surface area contributed by atoms with E-state index in [2.05, 4.69) is 30.0 Å². The highest BCUT2D eigenvalue weighted by Gasteiger charge is 2.38. The van der Waals surface area contributed by atoms with Gasteiger partial charge in [0.25, 0.3) is 0 Å². The number of halogens is 2. The van der Waals surface area contributed by atoms with E-state index in [1.165, 1.54) is 38.7 Å². The number of rotatable bonds is 11. The largest absolute Gasteiger partial charge is 0.469 e. The van der Waals surface area contributed by atoms with E-state index in [0.717, 1.165) is 18.4 Å². The van der Waals surface area contributed by atoms with Gasteiger partial charge < -0.3 is 34.6 Å². The Labute approximate surface area is 327 Å². The second-order valence-corrected chi connectivity index (χ2v) is 14.2. The summed E-state index contributed by atoms with van der Waals surface area (Å²) in [6, 6.07) is 16.8. The fourth-order valence-electron chi connectivity index (χ4n) is 7.77. The van der Waals surface area contributed by atoms with Crippen molar-refractivity contribution in [3.63, 3.8) is 0 Å². The van der Waals surface area contributed by atoms with Crippen LogP contribution in [0.5, 0.6) is 0 Å². The molecule has 0 unspecified atom stereocenters. The predicted octanol–water partition coefficient (Wildman–Crippen LogP) is 6.83. The molecule has 13 nitrogen and oxygen atoms in total. The van der Waals surface area contributed by atoms with Crippen LogP contribution in [0.2, 0.25) is 0 Å². The van der Waals surface area contributed by atoms with E-state index in [0.29, 0.717) is 60.1 Å². The van der Waals surface area contributed by atoms with Gasteiger partial charge in [-0.15, -0.1) is 0 Å². The van der Waals surface area contributed by atoms with Crippen LogP contribution in [0.1, 0.15) is 74.2 Å². The fraction of sp³-hybridized carbons (Fsp3) is 0.333. The number of likely N-dealkylation sites (tertiary alicyclic amines) is 2. The first kappa shape index (κ1) is 38.9. The maximum absolute atomic E-state index is 15.8. The van der Waals surface area contributed by atoms with Gasteiger partial charge >= 0.3 is 12.1 Å². The third-order valence-corrected chi connectivity index (χ3v) is 10.7. The number of methoxy groups -OCH3 is 2. The van der Waals surface area contributed by atoms with Crippen molar-refractivity contribution >= 4 is 23.9 Å². The molecule has 57 heavy (non-hydrogen) atoms. The minimum absolute atomic E-state index is 0.0950. The van der Waals surface area contributed by atoms with Gasteiger partial charge in [-0.1, -0.05) is 42.5 Å². The molecule has 0 bridgehead atoms. The quantitative estimate of drug-likeness (QED) is 0.123. The summed E-state index contributed by atoms with van der Waals surface area (Å²) in [6.45, 7) is 2.56. The number of nitrogens with zero attached hydrogens (tertiary/aromatic N) is 4. The number of imidazole rings is 2. The molecule has 5 aromatic rings. The molecule has 2 aromatic heterocycles. The molecule has 15 heteroatoms. The van der Waals surface area contributed by atoms with Crippen molar-refractivity contribution in [3.05, 3.63) is 108 Å². The molecule has 4 atom stereocenters. The number of esters is 1. The Bertz CT molecular complexity index is 2280. The molecule has 3 amide bonds. The molecule has 3 N–H and O–H groups in total. The van der Waals surface area contributed by atoms with Gasteiger partial charge in [-0.05, 0) is 73.6 Å². The van der Waals surface area contributed by atoms with Crippen molar-refractivity contribution in [2.75, 3.05) is 27.3 Å². The summed E-state index contributed by atoms with van der Waals surface area (Å²) in [4.78, 5) is 69.7. The van der Waals surface area contributed by atoms with Gasteiger partial charge in [0.15, 0.2) is 0 Å². The maximum Gasteiger partial charge on any atom is 0.407 e. The third-order valence-electron chi connectivity index (χ3n) is 10.7. The number of nitrogens with one attached hydrogen (secondary N) is 3. The molecule has 296 valence electrons. The zero-order valence-electron chi connectivity index (χ0n) is 31.8. The van der Waals surface area contributed by atoms with Gasteiger partial charge in [-0.25, -0.2) is 23.5 Å². The number of carbonyl (C=O) groups excluding carboxylic acids is 4. The molecule has 0 saturated carbocycles. The smallest absolute Gasteiger partial charge is 0.407 e. The van der Waals surface area contributed by atoms with Gasteiger partial charge in [0.05, 0.1) is 62.4 Å². The number of ether oxygens (including phenoxy) is 2. The van der Waals surface area contributed by atoms with E-state index in [1.54, 1.807) is 41.0 Å². The number of benzene rings is 3. The van der Waals surface area contributed by atoms with Crippen molar-refractivity contribution in [2.45, 2.75) is 63.1 Å². The van der Waals surface area contributed by atoms with Crippen molar-refractivity contribution in [2.24, 2.45) is 0 Å². The summed E-state index contributed by atoms with van der Waals surface area (Å²) in [5.41, 5.74) is 3.02. The van der Waals surface area contributed by atoms with Crippen LogP contribution in [0.4, 0.5) is 13.6 Å². The van der Waals surface area contributed by atoms with E-state index in [9.17, 15) is 19.2 Å². The van der Waals surface area contributed by atoms with Crippen molar-refractivity contribution < 1.29 is 37.4 Å². The Morgan fingerprint density at radius 2 is 1.30 bits per heavy atom. The van der Waals surface area contributed by atoms with Crippen molar-refractivity contribution in [1.29, 1.82) is 0 Å². The standard InChI is InChI=1S/C42H43F2N7O6/c1-24(47-42(55)57-3)40(53)50-17-7-11-35(50)38-45-22-33(48-38)28-15-13-26(19-31(28)43)27-14-16-29(32(44)20-27)34-23-46-39(49-34)36-12-8-18-51(36)41(54)30(21-37(52)56-2)25-9-5-4-6-10-25/h4-6,9-10,13-16,19-20,22-24,30,35-36H,7-8,11-12,17-18,21H2,1-3H3,(H,45,48)(H,46,49)(H,47,55)/t24-,30+,35-,36-/m0/s1. The van der Waals surface area contributed by atoms with Crippen molar-refractivity contribution in [3.8, 4) is 33.6 Å². The van der Waals surface area contributed by atoms with Crippen LogP contribution >= 0.6 is 0 Å². The lowest BCUT2D eigenvalue weighted by Crippen LogP contribution is -2.46. The first-order valence-corrected chi connectivity index (χ1v) is 18.8. The zero-order valence-corrected chi connectivity index (χ0v) is 31.8. The van der Waals surface area contributed by atoms with Crippen LogP contribution in [-0.2, 0) is 23.9 Å². The molecule has 2 fully saturated rings. The van der Waals surface area contributed by atoms with Crippen LogP contribution in [0.3, 0.4) is 0 Å². The second kappa shape index (κ2) is 16.8. The summed E-state index contributed by atoms with van der Waals surface area (Å²) in [5.74, 6) is -1.75. The number of aromatic amines is 2. The number of alkyl carbamates (subject to hydrolysis) is 1. The number of hydrogen-bond donors (Lipinski definition) is 3. The van der Waals surface area contributed by atoms with E-state index in [-0.39, 0.29) is 41.4 Å². The van der Waals surface area contributed by atoms with E-state index in [4.69, 9.17) is 4.74 Å². The van der Waals surface area contributed by atoms with Gasteiger partial charge in [0.2, 0.25) is 11.8 Å². The lowest BCUT2D eigenvalue weighted by atomic mass is 9.94. The molecule has 0 aliphatic carbocycles. The second-order valence-electron chi connectivity index (χ2n) is 14.2. The molecule has 2 aliphatic heterocycles. The van der Waals surface area contributed by atoms with Gasteiger partial charge in [0.1, 0.15) is 29.3 Å². The number of carbonyl (C=O) groups is 4.